The van der Waals surface area contributed by atoms with Gasteiger partial charge in [-0.05, 0) is 0 Å². The molecule has 1 rings (SSSR count). The predicted molar refractivity (Wildman–Crippen MR) is 83.3 cm³/mol. The molecule has 0 spiro atoms. The number of hydrogen-bond acceptors (Lipinski definition) is 4. The van der Waals surface area contributed by atoms with E-state index >= 15 is 0 Å². The van der Waals surface area contributed by atoms with Crippen molar-refractivity contribution in [2.75, 3.05) is 0 Å². The fourth-order valence-corrected chi connectivity index (χ4v) is 1.00. The molecule has 100 valence electrons. The number of benzene rings is 1. The molecular weight excluding hydrogens is 502 g/mol. The zero-order valence-electron chi connectivity index (χ0n) is 9.49. The topological polar surface area (TPSA) is 60.2 Å². The second-order valence-corrected chi connectivity index (χ2v) is 2.61. The summed E-state index contributed by atoms with van der Waals surface area (Å²) in [6.07, 6.45) is 0.193. The summed E-state index contributed by atoms with van der Waals surface area (Å²) in [6, 6.07) is 1.54. The van der Waals surface area contributed by atoms with Gasteiger partial charge in [-0.3, -0.25) is 14.9 Å². The van der Waals surface area contributed by atoms with Gasteiger partial charge in [-0.1, -0.05) is 25.4 Å². The SMILES string of the molecule is CC.O=Cc1cc([N+](=O)[O-])c(Cl)cc1F.[SH-].[Sn+][I]. The second-order valence-electron chi connectivity index (χ2n) is 2.20. The summed E-state index contributed by atoms with van der Waals surface area (Å²) in [6.45, 7) is 4.00. The Hall–Kier alpha value is 0.389. The van der Waals surface area contributed by atoms with E-state index < -0.39 is 16.4 Å². The molecule has 4 nitrogen and oxygen atoms in total. The zero-order valence-corrected chi connectivity index (χ0v) is 16.1. The van der Waals surface area contributed by atoms with Crippen LogP contribution in [0.25, 0.3) is 0 Å². The maximum absolute atomic E-state index is 12.8. The minimum absolute atomic E-state index is 0. The number of thiol groups is 1. The van der Waals surface area contributed by atoms with Crippen LogP contribution in [-0.2, 0) is 13.5 Å². The first-order valence-corrected chi connectivity index (χ1v) is 13.0. The van der Waals surface area contributed by atoms with Crippen molar-refractivity contribution in [1.82, 2.24) is 0 Å². The van der Waals surface area contributed by atoms with E-state index in [1.54, 1.807) is 0 Å². The number of rotatable bonds is 2. The van der Waals surface area contributed by atoms with E-state index in [1.807, 2.05) is 13.8 Å². The second kappa shape index (κ2) is 13.8. The predicted octanol–water partition coefficient (Wildman–Crippen LogP) is 3.46. The average Bonchev–Trinajstić information content (AvgIpc) is 2.34. The molecule has 0 saturated heterocycles. The normalized spacial score (nSPS) is 7.61. The first-order valence-electron chi connectivity index (χ1n) is 4.33. The van der Waals surface area contributed by atoms with E-state index in [0.29, 0.717) is 0 Å². The summed E-state index contributed by atoms with van der Waals surface area (Å²) in [7, 11) is 0. The Morgan fingerprint density at radius 1 is 1.44 bits per heavy atom. The van der Waals surface area contributed by atoms with Crippen LogP contribution in [-0.4, -0.2) is 29.8 Å². The molecule has 9 heteroatoms. The number of aldehydes is 1. The van der Waals surface area contributed by atoms with E-state index in [9.17, 15) is 19.3 Å². The number of nitrogens with zero attached hydrogens (tertiary/aromatic N) is 1. The summed E-state index contributed by atoms with van der Waals surface area (Å²) in [5.41, 5.74) is -0.860. The van der Waals surface area contributed by atoms with Crippen LogP contribution in [0.3, 0.4) is 0 Å². The Labute approximate surface area is 140 Å². The van der Waals surface area contributed by atoms with Crippen molar-refractivity contribution < 1.29 is 14.1 Å². The molecule has 0 fully saturated rings. The molecule has 0 saturated carbocycles. The van der Waals surface area contributed by atoms with Gasteiger partial charge in [0.25, 0.3) is 5.69 Å². The summed E-state index contributed by atoms with van der Waals surface area (Å²) in [5.74, 6) is -0.870. The van der Waals surface area contributed by atoms with Gasteiger partial charge in [0.05, 0.1) is 10.5 Å². The minimum atomic E-state index is -0.870. The van der Waals surface area contributed by atoms with Crippen LogP contribution in [0.5, 0.6) is 0 Å². The number of nitro benzene ring substituents is 1. The van der Waals surface area contributed by atoms with Crippen molar-refractivity contribution in [1.29, 1.82) is 0 Å². The van der Waals surface area contributed by atoms with Crippen LogP contribution in [0.15, 0.2) is 12.1 Å². The molecule has 0 aliphatic rings. The number of carbonyl (C=O) groups excluding carboxylic acids is 1. The van der Waals surface area contributed by atoms with Crippen LogP contribution in [0.1, 0.15) is 24.2 Å². The van der Waals surface area contributed by atoms with Crippen molar-refractivity contribution in [2.45, 2.75) is 13.8 Å². The van der Waals surface area contributed by atoms with Gasteiger partial charge in [-0.15, -0.1) is 0 Å². The maximum atomic E-state index is 12.8. The van der Waals surface area contributed by atoms with Crippen molar-refractivity contribution in [3.8, 4) is 0 Å². The Bertz CT molecular complexity index is 398. The Morgan fingerprint density at radius 3 is 2.22 bits per heavy atom. The molecule has 0 aliphatic carbocycles. The molecule has 0 aromatic heterocycles. The molecule has 1 aromatic rings. The number of nitro groups is 1. The fourth-order valence-electron chi connectivity index (χ4n) is 0.784. The molecule has 0 amide bonds. The van der Waals surface area contributed by atoms with E-state index in [2.05, 4.69) is 18.6 Å². The van der Waals surface area contributed by atoms with Gasteiger partial charge in [0.15, 0.2) is 6.29 Å². The zero-order chi connectivity index (χ0) is 14.0. The number of halogens is 3. The van der Waals surface area contributed by atoms with Crippen molar-refractivity contribution in [3.63, 3.8) is 0 Å². The standard InChI is InChI=1S/C7H3ClFNO3.C2H6.HI.H2S.Sn/c8-5-2-6(9)4(3-11)1-7(5)10(12)13;1-2;;;/h1-3H;1-2H3;1H;1H2;/q;;;;+2/p-2. The quantitative estimate of drug-likeness (QED) is 0.116. The van der Waals surface area contributed by atoms with Crippen LogP contribution in [0, 0.1) is 15.9 Å². The Kier molecular flexibility index (Phi) is 18.0. The first-order chi connectivity index (χ1) is 8.06. The summed E-state index contributed by atoms with van der Waals surface area (Å²) in [5, 5.41) is 9.96. The van der Waals surface area contributed by atoms with Crippen molar-refractivity contribution >= 4 is 74.3 Å². The van der Waals surface area contributed by atoms with E-state index in [-0.39, 0.29) is 30.4 Å². The molecule has 0 N–H and O–H groups in total. The summed E-state index contributed by atoms with van der Waals surface area (Å²) < 4.78 is 12.8. The average molecular weight is 512 g/mol. The van der Waals surface area contributed by atoms with E-state index in [0.717, 1.165) is 12.1 Å². The van der Waals surface area contributed by atoms with Gasteiger partial charge in [0.2, 0.25) is 0 Å². The molecule has 2 radical (unpaired) electrons. The van der Waals surface area contributed by atoms with Crippen LogP contribution >= 0.6 is 30.2 Å². The van der Waals surface area contributed by atoms with Crippen LogP contribution in [0.4, 0.5) is 10.1 Å². The monoisotopic (exact) mass is 513 g/mol. The molecule has 0 aliphatic heterocycles. The first kappa shape index (κ1) is 23.5. The van der Waals surface area contributed by atoms with Gasteiger partial charge in [0, 0.05) is 12.1 Å². The van der Waals surface area contributed by atoms with Gasteiger partial charge < -0.3 is 13.5 Å². The number of carbonyl (C=O) groups is 1. The molecular formula is C9H10ClFINO3SSn. The molecule has 0 heterocycles. The van der Waals surface area contributed by atoms with Gasteiger partial charge in [-0.2, -0.15) is 0 Å². The number of hydrogen-bond donors (Lipinski definition) is 0. The third kappa shape index (κ3) is 7.74. The molecule has 0 atom stereocenters. The Balaban J connectivity index is -0.000000409. The fraction of sp³-hybridized carbons (Fsp3) is 0.222. The molecule has 1 aromatic carbocycles. The van der Waals surface area contributed by atoms with Crippen LogP contribution < -0.4 is 0 Å². The third-order valence-electron chi connectivity index (χ3n) is 1.39. The van der Waals surface area contributed by atoms with E-state index in [1.165, 1.54) is 18.6 Å². The van der Waals surface area contributed by atoms with Gasteiger partial charge in [-0.25, -0.2) is 4.39 Å². The Morgan fingerprint density at radius 2 is 1.89 bits per heavy atom. The van der Waals surface area contributed by atoms with Gasteiger partial charge >= 0.3 is 37.2 Å². The van der Waals surface area contributed by atoms with Crippen molar-refractivity contribution in [3.05, 3.63) is 38.7 Å². The molecule has 18 heavy (non-hydrogen) atoms. The summed E-state index contributed by atoms with van der Waals surface area (Å²) in [4.78, 5) is 19.7. The summed E-state index contributed by atoms with van der Waals surface area (Å²) >= 11 is 9.12. The third-order valence-corrected chi connectivity index (χ3v) is 1.69. The molecule has 0 bridgehead atoms. The van der Waals surface area contributed by atoms with Crippen molar-refractivity contribution in [2.24, 2.45) is 0 Å². The molecule has 0 unspecified atom stereocenters. The van der Waals surface area contributed by atoms with Gasteiger partial charge in [0.1, 0.15) is 10.8 Å². The van der Waals surface area contributed by atoms with E-state index in [4.69, 9.17) is 11.6 Å². The van der Waals surface area contributed by atoms with Crippen LogP contribution in [0.2, 0.25) is 5.02 Å².